The van der Waals surface area contributed by atoms with Crippen LogP contribution in [0.5, 0.6) is 5.75 Å². The largest absolute Gasteiger partial charge is 0.423 e. The number of carbonyl (C=O) groups excluding carboxylic acids is 1. The zero-order chi connectivity index (χ0) is 20.1. The van der Waals surface area contributed by atoms with Crippen molar-refractivity contribution in [3.05, 3.63) is 90.3 Å². The van der Waals surface area contributed by atoms with Crippen LogP contribution in [-0.2, 0) is 11.2 Å². The molecular formula is C25H23FO2. The molecule has 0 saturated carbocycles. The van der Waals surface area contributed by atoms with Gasteiger partial charge in [-0.05, 0) is 53.8 Å². The average Bonchev–Trinajstić information content (AvgIpc) is 2.69. The normalized spacial score (nSPS) is 10.5. The van der Waals surface area contributed by atoms with E-state index in [0.29, 0.717) is 16.9 Å². The lowest BCUT2D eigenvalue weighted by atomic mass is 9.98. The molecule has 0 amide bonds. The minimum atomic E-state index is -0.478. The van der Waals surface area contributed by atoms with Gasteiger partial charge in [-0.1, -0.05) is 68.5 Å². The lowest BCUT2D eigenvalue weighted by Gasteiger charge is -2.09. The highest BCUT2D eigenvalue weighted by Gasteiger charge is 2.09. The fraction of sp³-hybridized carbons (Fsp3) is 0.160. The molecule has 3 aromatic carbocycles. The Kier molecular flexibility index (Phi) is 6.05. The van der Waals surface area contributed by atoms with Crippen molar-refractivity contribution in [3.63, 3.8) is 0 Å². The Morgan fingerprint density at radius 1 is 0.929 bits per heavy atom. The number of halogens is 1. The highest BCUT2D eigenvalue weighted by Crippen LogP contribution is 2.29. The summed E-state index contributed by atoms with van der Waals surface area (Å²) < 4.78 is 19.9. The summed E-state index contributed by atoms with van der Waals surface area (Å²) in [5.74, 6) is -0.365. The lowest BCUT2D eigenvalue weighted by Crippen LogP contribution is -2.07. The fourth-order valence-corrected chi connectivity index (χ4v) is 2.98. The van der Waals surface area contributed by atoms with Crippen molar-refractivity contribution >= 4 is 5.97 Å². The molecule has 142 valence electrons. The minimum Gasteiger partial charge on any atom is -0.423 e. The molecule has 0 aliphatic rings. The third kappa shape index (κ3) is 4.55. The van der Waals surface area contributed by atoms with E-state index in [2.05, 4.69) is 25.6 Å². The SMILES string of the molecule is C=C(C)C(=O)Oc1ccc(-c2ccc(-c3ccc(CCC)cc3)cc2F)cc1. The molecule has 0 heterocycles. The van der Waals surface area contributed by atoms with Gasteiger partial charge in [-0.3, -0.25) is 0 Å². The summed E-state index contributed by atoms with van der Waals surface area (Å²) in [4.78, 5) is 11.6. The number of hydrogen-bond acceptors (Lipinski definition) is 2. The molecule has 3 heteroatoms. The van der Waals surface area contributed by atoms with Crippen molar-refractivity contribution < 1.29 is 13.9 Å². The first-order valence-corrected chi connectivity index (χ1v) is 9.35. The van der Waals surface area contributed by atoms with Gasteiger partial charge in [0.2, 0.25) is 0 Å². The number of esters is 1. The van der Waals surface area contributed by atoms with Crippen LogP contribution < -0.4 is 4.74 Å². The van der Waals surface area contributed by atoms with Crippen molar-refractivity contribution in [2.75, 3.05) is 0 Å². The Hall–Kier alpha value is -3.20. The Labute approximate surface area is 165 Å². The van der Waals surface area contributed by atoms with Gasteiger partial charge >= 0.3 is 5.97 Å². The van der Waals surface area contributed by atoms with Gasteiger partial charge in [0.05, 0.1) is 0 Å². The molecule has 0 aliphatic carbocycles. The lowest BCUT2D eigenvalue weighted by molar-refractivity contribution is -0.130. The predicted octanol–water partition coefficient (Wildman–Crippen LogP) is 6.59. The van der Waals surface area contributed by atoms with Gasteiger partial charge in [-0.2, -0.15) is 0 Å². The topological polar surface area (TPSA) is 26.3 Å². The quantitative estimate of drug-likeness (QED) is 0.276. The van der Waals surface area contributed by atoms with Crippen molar-refractivity contribution in [1.29, 1.82) is 0 Å². The highest BCUT2D eigenvalue weighted by molar-refractivity contribution is 5.88. The molecule has 0 radical (unpaired) electrons. The monoisotopic (exact) mass is 374 g/mol. The van der Waals surface area contributed by atoms with Crippen LogP contribution >= 0.6 is 0 Å². The molecule has 2 nitrogen and oxygen atoms in total. The standard InChI is InChI=1S/C25H23FO2/c1-4-5-18-6-8-19(9-7-18)21-12-15-23(24(26)16-21)20-10-13-22(14-11-20)28-25(27)17(2)3/h6-16H,2,4-5H2,1,3H3. The summed E-state index contributed by atoms with van der Waals surface area (Å²) in [5.41, 5.74) is 4.68. The van der Waals surface area contributed by atoms with Crippen LogP contribution in [0.15, 0.2) is 78.9 Å². The van der Waals surface area contributed by atoms with Crippen molar-refractivity contribution in [2.45, 2.75) is 26.7 Å². The summed E-state index contributed by atoms with van der Waals surface area (Å²) in [6.07, 6.45) is 2.15. The average molecular weight is 374 g/mol. The molecule has 0 aliphatic heterocycles. The Bertz CT molecular complexity index is 986. The predicted molar refractivity (Wildman–Crippen MR) is 112 cm³/mol. The van der Waals surface area contributed by atoms with Gasteiger partial charge in [-0.15, -0.1) is 0 Å². The van der Waals surface area contributed by atoms with E-state index in [1.54, 1.807) is 43.3 Å². The van der Waals surface area contributed by atoms with Crippen LogP contribution in [0.4, 0.5) is 4.39 Å². The number of aryl methyl sites for hydroxylation is 1. The fourth-order valence-electron chi connectivity index (χ4n) is 2.98. The van der Waals surface area contributed by atoms with Crippen LogP contribution in [0.25, 0.3) is 22.3 Å². The first-order chi connectivity index (χ1) is 13.5. The van der Waals surface area contributed by atoms with Crippen molar-refractivity contribution in [2.24, 2.45) is 0 Å². The summed E-state index contributed by atoms with van der Waals surface area (Å²) in [6, 6.07) is 20.3. The van der Waals surface area contributed by atoms with Crippen LogP contribution in [0.3, 0.4) is 0 Å². The summed E-state index contributed by atoms with van der Waals surface area (Å²) >= 11 is 0. The van der Waals surface area contributed by atoms with Crippen LogP contribution in [-0.4, -0.2) is 5.97 Å². The van der Waals surface area contributed by atoms with E-state index in [9.17, 15) is 9.18 Å². The van der Waals surface area contributed by atoms with Crippen molar-refractivity contribution in [3.8, 4) is 28.0 Å². The van der Waals surface area contributed by atoms with Gasteiger partial charge in [0, 0.05) is 11.1 Å². The summed E-state index contributed by atoms with van der Waals surface area (Å²) in [5, 5.41) is 0. The third-order valence-electron chi connectivity index (χ3n) is 4.52. The van der Waals surface area contributed by atoms with E-state index in [-0.39, 0.29) is 5.82 Å². The molecule has 3 rings (SSSR count). The maximum absolute atomic E-state index is 14.7. The molecule has 28 heavy (non-hydrogen) atoms. The second-order valence-corrected chi connectivity index (χ2v) is 6.84. The van der Waals surface area contributed by atoms with Gasteiger partial charge in [0.25, 0.3) is 0 Å². The van der Waals surface area contributed by atoms with E-state index in [1.807, 2.05) is 18.2 Å². The third-order valence-corrected chi connectivity index (χ3v) is 4.52. The molecule has 0 fully saturated rings. The highest BCUT2D eigenvalue weighted by atomic mass is 19.1. The zero-order valence-corrected chi connectivity index (χ0v) is 16.2. The Morgan fingerprint density at radius 3 is 2.11 bits per heavy atom. The molecule has 0 bridgehead atoms. The number of carbonyl (C=O) groups is 1. The van der Waals surface area contributed by atoms with E-state index < -0.39 is 5.97 Å². The first kappa shape index (κ1) is 19.6. The molecule has 0 N–H and O–H groups in total. The van der Waals surface area contributed by atoms with Gasteiger partial charge in [0.15, 0.2) is 0 Å². The molecular weight excluding hydrogens is 351 g/mol. The number of benzene rings is 3. The zero-order valence-electron chi connectivity index (χ0n) is 16.2. The number of rotatable bonds is 6. The molecule has 0 unspecified atom stereocenters. The second kappa shape index (κ2) is 8.66. The van der Waals surface area contributed by atoms with Gasteiger partial charge < -0.3 is 4.74 Å². The van der Waals surface area contributed by atoms with Crippen molar-refractivity contribution in [1.82, 2.24) is 0 Å². The minimum absolute atomic E-state index is 0.290. The van der Waals surface area contributed by atoms with E-state index in [1.165, 1.54) is 5.56 Å². The van der Waals surface area contributed by atoms with E-state index >= 15 is 0 Å². The van der Waals surface area contributed by atoms with Crippen LogP contribution in [0.1, 0.15) is 25.8 Å². The first-order valence-electron chi connectivity index (χ1n) is 9.35. The van der Waals surface area contributed by atoms with E-state index in [4.69, 9.17) is 4.74 Å². The van der Waals surface area contributed by atoms with Gasteiger partial charge in [-0.25, -0.2) is 9.18 Å². The number of ether oxygens (including phenoxy) is 1. The van der Waals surface area contributed by atoms with Crippen LogP contribution in [0, 0.1) is 5.82 Å². The maximum atomic E-state index is 14.7. The summed E-state index contributed by atoms with van der Waals surface area (Å²) in [7, 11) is 0. The molecule has 3 aromatic rings. The molecule has 0 saturated heterocycles. The van der Waals surface area contributed by atoms with Crippen LogP contribution in [0.2, 0.25) is 0 Å². The maximum Gasteiger partial charge on any atom is 0.338 e. The Morgan fingerprint density at radius 2 is 1.54 bits per heavy atom. The molecule has 0 spiro atoms. The second-order valence-electron chi connectivity index (χ2n) is 6.84. The van der Waals surface area contributed by atoms with Gasteiger partial charge in [0.1, 0.15) is 11.6 Å². The number of hydrogen-bond donors (Lipinski definition) is 0. The molecule has 0 atom stereocenters. The van der Waals surface area contributed by atoms with E-state index in [0.717, 1.165) is 29.5 Å². The smallest absolute Gasteiger partial charge is 0.338 e. The summed E-state index contributed by atoms with van der Waals surface area (Å²) in [6.45, 7) is 7.29. The molecule has 0 aromatic heterocycles. The Balaban J connectivity index is 1.80.